The predicted molar refractivity (Wildman–Crippen MR) is 87.4 cm³/mol. The number of amides is 1. The largest absolute Gasteiger partial charge is 0.286 e. The molecule has 1 aliphatic rings. The van der Waals surface area contributed by atoms with Gasteiger partial charge in [0.15, 0.2) is 5.17 Å². The third kappa shape index (κ3) is 3.76. The summed E-state index contributed by atoms with van der Waals surface area (Å²) in [5.41, 5.74) is 1.26. The summed E-state index contributed by atoms with van der Waals surface area (Å²) in [6, 6.07) is 11.9. The molecule has 1 heterocycles. The first kappa shape index (κ1) is 15.7. The van der Waals surface area contributed by atoms with Crippen molar-refractivity contribution >= 4 is 22.8 Å². The molecule has 0 saturated heterocycles. The highest BCUT2D eigenvalue weighted by Crippen LogP contribution is 2.21. The normalized spacial score (nSPS) is 14.0. The molecule has 0 radical (unpaired) electrons. The molecule has 3 nitrogen and oxygen atoms in total. The Kier molecular flexibility index (Phi) is 4.71. The van der Waals surface area contributed by atoms with Gasteiger partial charge in [0.05, 0.1) is 6.54 Å². The van der Waals surface area contributed by atoms with Crippen LogP contribution in [0.1, 0.15) is 15.9 Å². The lowest BCUT2D eigenvalue weighted by atomic mass is 10.2. The Balaban J connectivity index is 1.67. The second-order valence-electron chi connectivity index (χ2n) is 5.05. The van der Waals surface area contributed by atoms with Crippen LogP contribution in [0.5, 0.6) is 0 Å². The minimum atomic E-state index is -0.437. The Morgan fingerprint density at radius 2 is 1.91 bits per heavy atom. The summed E-state index contributed by atoms with van der Waals surface area (Å²) in [5.74, 6) is -0.383. The van der Waals surface area contributed by atoms with E-state index in [-0.39, 0.29) is 11.7 Å². The Hall–Kier alpha value is -2.21. The Bertz CT molecular complexity index is 747. The quantitative estimate of drug-likeness (QED) is 0.858. The van der Waals surface area contributed by atoms with E-state index in [9.17, 15) is 13.6 Å². The van der Waals surface area contributed by atoms with Gasteiger partial charge in [0.2, 0.25) is 0 Å². The van der Waals surface area contributed by atoms with Gasteiger partial charge in [-0.15, -0.1) is 0 Å². The van der Waals surface area contributed by atoms with Gasteiger partial charge in [0, 0.05) is 17.9 Å². The number of carbonyl (C=O) groups excluding carboxylic acids is 1. The van der Waals surface area contributed by atoms with Gasteiger partial charge in [0.1, 0.15) is 11.6 Å². The first-order chi connectivity index (χ1) is 11.1. The van der Waals surface area contributed by atoms with Crippen LogP contribution in [-0.4, -0.2) is 29.1 Å². The molecule has 23 heavy (non-hydrogen) atoms. The molecule has 0 unspecified atom stereocenters. The van der Waals surface area contributed by atoms with Crippen LogP contribution < -0.4 is 0 Å². The maximum Gasteiger partial charge on any atom is 0.259 e. The molecule has 0 spiro atoms. The van der Waals surface area contributed by atoms with Crippen LogP contribution in [0.15, 0.2) is 53.5 Å². The van der Waals surface area contributed by atoms with Gasteiger partial charge >= 0.3 is 0 Å². The fourth-order valence-corrected chi connectivity index (χ4v) is 3.25. The van der Waals surface area contributed by atoms with Gasteiger partial charge in [-0.25, -0.2) is 8.78 Å². The summed E-state index contributed by atoms with van der Waals surface area (Å²) in [7, 11) is 0. The number of amidine groups is 1. The molecule has 2 aromatic rings. The summed E-state index contributed by atoms with van der Waals surface area (Å²) in [6.45, 7) is 1.02. The van der Waals surface area contributed by atoms with E-state index in [0.29, 0.717) is 29.6 Å². The average Bonchev–Trinajstić information content (AvgIpc) is 3.02. The minimum absolute atomic E-state index is 0.257. The van der Waals surface area contributed by atoms with Crippen LogP contribution in [-0.2, 0) is 5.75 Å². The van der Waals surface area contributed by atoms with Crippen molar-refractivity contribution in [2.24, 2.45) is 4.99 Å². The molecule has 0 N–H and O–H groups in total. The summed E-state index contributed by atoms with van der Waals surface area (Å²) in [5, 5.41) is 0.614. The highest BCUT2D eigenvalue weighted by Gasteiger charge is 2.25. The predicted octanol–water partition coefficient (Wildman–Crippen LogP) is 3.71. The van der Waals surface area contributed by atoms with Gasteiger partial charge in [-0.1, -0.05) is 30.0 Å². The van der Waals surface area contributed by atoms with E-state index in [1.54, 1.807) is 23.1 Å². The number of thioether (sulfide) groups is 1. The number of hydrogen-bond donors (Lipinski definition) is 0. The summed E-state index contributed by atoms with van der Waals surface area (Å²) in [4.78, 5) is 18.4. The average molecular weight is 332 g/mol. The van der Waals surface area contributed by atoms with Crippen molar-refractivity contribution in [1.29, 1.82) is 0 Å². The number of hydrogen-bond acceptors (Lipinski definition) is 3. The first-order valence-corrected chi connectivity index (χ1v) is 8.11. The van der Waals surface area contributed by atoms with Crippen molar-refractivity contribution in [2.45, 2.75) is 5.75 Å². The molecule has 0 aliphatic carbocycles. The topological polar surface area (TPSA) is 32.7 Å². The summed E-state index contributed by atoms with van der Waals surface area (Å²) in [6.07, 6.45) is 0. The molecule has 0 bridgehead atoms. The van der Waals surface area contributed by atoms with E-state index < -0.39 is 5.82 Å². The van der Waals surface area contributed by atoms with Crippen LogP contribution in [0.3, 0.4) is 0 Å². The van der Waals surface area contributed by atoms with Gasteiger partial charge in [0.25, 0.3) is 5.91 Å². The molecule has 6 heteroatoms. The van der Waals surface area contributed by atoms with Crippen molar-refractivity contribution in [3.05, 3.63) is 71.3 Å². The zero-order valence-electron chi connectivity index (χ0n) is 12.2. The summed E-state index contributed by atoms with van der Waals surface area (Å²) >= 11 is 1.42. The Morgan fingerprint density at radius 3 is 2.65 bits per heavy atom. The third-order valence-corrected chi connectivity index (χ3v) is 4.48. The minimum Gasteiger partial charge on any atom is -0.286 e. The monoisotopic (exact) mass is 332 g/mol. The molecular weight excluding hydrogens is 318 g/mol. The van der Waals surface area contributed by atoms with E-state index in [1.165, 1.54) is 42.1 Å². The van der Waals surface area contributed by atoms with E-state index in [4.69, 9.17) is 0 Å². The molecular formula is C17H14F2N2OS. The molecule has 2 aromatic carbocycles. The van der Waals surface area contributed by atoms with E-state index in [2.05, 4.69) is 4.99 Å². The first-order valence-electron chi connectivity index (χ1n) is 7.12. The number of benzene rings is 2. The van der Waals surface area contributed by atoms with Crippen LogP contribution in [0.25, 0.3) is 0 Å². The third-order valence-electron chi connectivity index (χ3n) is 3.40. The van der Waals surface area contributed by atoms with Crippen molar-refractivity contribution in [3.63, 3.8) is 0 Å². The number of carbonyl (C=O) groups is 1. The highest BCUT2D eigenvalue weighted by atomic mass is 32.2. The maximum absolute atomic E-state index is 13.3. The second-order valence-corrected chi connectivity index (χ2v) is 5.99. The molecule has 3 rings (SSSR count). The van der Waals surface area contributed by atoms with Crippen LogP contribution in [0.2, 0.25) is 0 Å². The molecule has 0 saturated carbocycles. The Morgan fingerprint density at radius 1 is 1.13 bits per heavy atom. The standard InChI is InChI=1S/C17H14F2N2OS/c18-14-6-4-12(5-7-14)11-23-17-20-8-9-21(17)16(22)13-2-1-3-15(19)10-13/h1-7,10H,8-9,11H2. The van der Waals surface area contributed by atoms with Crippen molar-refractivity contribution < 1.29 is 13.6 Å². The summed E-state index contributed by atoms with van der Waals surface area (Å²) < 4.78 is 26.2. The molecule has 1 amide bonds. The van der Waals surface area contributed by atoms with Crippen LogP contribution in [0, 0.1) is 11.6 Å². The number of rotatable bonds is 3. The smallest absolute Gasteiger partial charge is 0.259 e. The lowest BCUT2D eigenvalue weighted by Crippen LogP contribution is -2.32. The number of aliphatic imine (C=N–C) groups is 1. The highest BCUT2D eigenvalue weighted by molar-refractivity contribution is 8.13. The van der Waals surface area contributed by atoms with Gasteiger partial charge in [-0.2, -0.15) is 0 Å². The van der Waals surface area contributed by atoms with Gasteiger partial charge in [-0.05, 0) is 35.9 Å². The zero-order chi connectivity index (χ0) is 16.2. The van der Waals surface area contributed by atoms with Gasteiger partial charge in [-0.3, -0.25) is 14.7 Å². The zero-order valence-corrected chi connectivity index (χ0v) is 13.0. The number of nitrogens with zero attached hydrogens (tertiary/aromatic N) is 2. The van der Waals surface area contributed by atoms with Crippen LogP contribution in [0.4, 0.5) is 8.78 Å². The molecule has 118 valence electrons. The van der Waals surface area contributed by atoms with E-state index >= 15 is 0 Å². The Labute approximate surface area is 137 Å². The molecule has 0 aromatic heterocycles. The van der Waals surface area contributed by atoms with Gasteiger partial charge < -0.3 is 0 Å². The fourth-order valence-electron chi connectivity index (χ4n) is 2.24. The fraction of sp³-hybridized carbons (Fsp3) is 0.176. The van der Waals surface area contributed by atoms with E-state index in [0.717, 1.165) is 5.56 Å². The number of halogens is 2. The second kappa shape index (κ2) is 6.91. The van der Waals surface area contributed by atoms with E-state index in [1.807, 2.05) is 0 Å². The van der Waals surface area contributed by atoms with Crippen molar-refractivity contribution in [2.75, 3.05) is 13.1 Å². The van der Waals surface area contributed by atoms with Crippen molar-refractivity contribution in [1.82, 2.24) is 4.90 Å². The molecule has 1 aliphatic heterocycles. The molecule has 0 atom stereocenters. The van der Waals surface area contributed by atoms with Crippen molar-refractivity contribution in [3.8, 4) is 0 Å². The van der Waals surface area contributed by atoms with Crippen LogP contribution >= 0.6 is 11.8 Å². The lowest BCUT2D eigenvalue weighted by Gasteiger charge is -2.18. The lowest BCUT2D eigenvalue weighted by molar-refractivity contribution is 0.0860. The molecule has 0 fully saturated rings. The maximum atomic E-state index is 13.3. The SMILES string of the molecule is O=C(c1cccc(F)c1)N1CCN=C1SCc1ccc(F)cc1.